The van der Waals surface area contributed by atoms with E-state index >= 15 is 0 Å². The zero-order chi connectivity index (χ0) is 22.4. The summed E-state index contributed by atoms with van der Waals surface area (Å²) < 4.78 is 5.68. The first-order valence-corrected chi connectivity index (χ1v) is 11.5. The molecule has 3 heterocycles. The Morgan fingerprint density at radius 3 is 2.59 bits per heavy atom. The Labute approximate surface area is 190 Å². The number of carbonyl (C=O) groups is 2. The van der Waals surface area contributed by atoms with Gasteiger partial charge in [0, 0.05) is 16.1 Å². The van der Waals surface area contributed by atoms with E-state index in [-0.39, 0.29) is 11.3 Å². The standard InChI is InChI=1S/C26H23NO4S/c1-15-5-8-19(9-6-15)27-22(25-16(2)11-13-32-25)21(24(29)26(27)30)23(28)18-7-10-20-17(14-18)4-3-12-31-20/h5-11,13-14,22,28H,3-4,12H2,1-2H3/b23-21-. The van der Waals surface area contributed by atoms with Gasteiger partial charge in [-0.1, -0.05) is 17.7 Å². The first kappa shape index (κ1) is 20.5. The minimum absolute atomic E-state index is 0.123. The number of amides is 1. The third-order valence-corrected chi connectivity index (χ3v) is 7.16. The van der Waals surface area contributed by atoms with Crippen molar-refractivity contribution in [3.63, 3.8) is 0 Å². The number of aliphatic hydroxyl groups is 1. The Morgan fingerprint density at radius 2 is 1.88 bits per heavy atom. The number of fused-ring (bicyclic) bond motifs is 1. The van der Waals surface area contributed by atoms with Crippen LogP contribution >= 0.6 is 11.3 Å². The molecule has 32 heavy (non-hydrogen) atoms. The molecule has 5 rings (SSSR count). The van der Waals surface area contributed by atoms with E-state index in [1.165, 1.54) is 16.2 Å². The number of benzene rings is 2. The van der Waals surface area contributed by atoms with Crippen LogP contribution < -0.4 is 9.64 Å². The highest BCUT2D eigenvalue weighted by atomic mass is 32.1. The summed E-state index contributed by atoms with van der Waals surface area (Å²) in [5.74, 6) is -0.646. The van der Waals surface area contributed by atoms with Gasteiger partial charge in [0.25, 0.3) is 11.7 Å². The molecule has 1 unspecified atom stereocenters. The summed E-state index contributed by atoms with van der Waals surface area (Å²) >= 11 is 1.48. The number of ketones is 1. The van der Waals surface area contributed by atoms with Crippen LogP contribution in [0.4, 0.5) is 5.69 Å². The van der Waals surface area contributed by atoms with E-state index in [2.05, 4.69) is 0 Å². The van der Waals surface area contributed by atoms with E-state index in [4.69, 9.17) is 4.74 Å². The molecule has 1 amide bonds. The summed E-state index contributed by atoms with van der Waals surface area (Å²) in [5.41, 5.74) is 4.31. The van der Waals surface area contributed by atoms with Gasteiger partial charge < -0.3 is 9.84 Å². The van der Waals surface area contributed by atoms with Crippen LogP contribution in [0.3, 0.4) is 0 Å². The maximum atomic E-state index is 13.2. The van der Waals surface area contributed by atoms with Gasteiger partial charge >= 0.3 is 0 Å². The van der Waals surface area contributed by atoms with E-state index in [9.17, 15) is 14.7 Å². The van der Waals surface area contributed by atoms with Crippen molar-refractivity contribution < 1.29 is 19.4 Å². The number of nitrogens with zero attached hydrogens (tertiary/aromatic N) is 1. The summed E-state index contributed by atoms with van der Waals surface area (Å²) in [6, 6.07) is 14.2. The fourth-order valence-electron chi connectivity index (χ4n) is 4.38. The second-order valence-corrected chi connectivity index (χ2v) is 9.19. The number of rotatable bonds is 3. The molecule has 2 aromatic carbocycles. The minimum atomic E-state index is -0.676. The van der Waals surface area contributed by atoms with Crippen LogP contribution in [0.5, 0.6) is 5.75 Å². The second kappa shape index (κ2) is 7.95. The fourth-order valence-corrected chi connectivity index (χ4v) is 5.40. The number of Topliss-reactive ketones (excluding diaryl/α,β-unsaturated/α-hetero) is 1. The Bertz CT molecular complexity index is 1260. The van der Waals surface area contributed by atoms with Crippen molar-refractivity contribution in [3.05, 3.63) is 86.6 Å². The van der Waals surface area contributed by atoms with Crippen molar-refractivity contribution in [2.24, 2.45) is 0 Å². The van der Waals surface area contributed by atoms with Crippen LogP contribution in [0.15, 0.2) is 59.5 Å². The predicted molar refractivity (Wildman–Crippen MR) is 125 cm³/mol. The number of aliphatic hydroxyl groups excluding tert-OH is 1. The van der Waals surface area contributed by atoms with Crippen molar-refractivity contribution >= 4 is 34.5 Å². The molecule has 1 saturated heterocycles. The molecule has 2 aliphatic rings. The van der Waals surface area contributed by atoms with E-state index in [1.807, 2.05) is 61.7 Å². The number of thiophene rings is 1. The van der Waals surface area contributed by atoms with Gasteiger partial charge in [-0.05, 0) is 79.6 Å². The molecule has 3 aromatic rings. The van der Waals surface area contributed by atoms with Gasteiger partial charge in [0.15, 0.2) is 0 Å². The normalized spacial score (nSPS) is 19.7. The number of aryl methyl sites for hydroxylation is 3. The molecule has 0 bridgehead atoms. The SMILES string of the molecule is Cc1ccc(N2C(=O)C(=O)/C(=C(\O)c3ccc4c(c3)CCCO4)C2c2sccc2C)cc1. The number of hydrogen-bond donors (Lipinski definition) is 1. The minimum Gasteiger partial charge on any atom is -0.507 e. The average Bonchev–Trinajstić information content (AvgIpc) is 3.34. The number of carbonyl (C=O) groups excluding carboxylic acids is 2. The van der Waals surface area contributed by atoms with Gasteiger partial charge in [-0.2, -0.15) is 0 Å². The van der Waals surface area contributed by atoms with Crippen molar-refractivity contribution in [2.75, 3.05) is 11.5 Å². The van der Waals surface area contributed by atoms with Gasteiger partial charge in [-0.25, -0.2) is 0 Å². The highest BCUT2D eigenvalue weighted by Crippen LogP contribution is 2.45. The zero-order valence-corrected chi connectivity index (χ0v) is 18.7. The molecule has 0 radical (unpaired) electrons. The molecule has 1 aromatic heterocycles. The summed E-state index contributed by atoms with van der Waals surface area (Å²) in [7, 11) is 0. The monoisotopic (exact) mass is 445 g/mol. The van der Waals surface area contributed by atoms with Gasteiger partial charge in [-0.3, -0.25) is 14.5 Å². The van der Waals surface area contributed by atoms with Crippen LogP contribution in [0, 0.1) is 13.8 Å². The van der Waals surface area contributed by atoms with Gasteiger partial charge in [-0.15, -0.1) is 11.3 Å². The first-order valence-electron chi connectivity index (χ1n) is 10.6. The quantitative estimate of drug-likeness (QED) is 0.337. The van der Waals surface area contributed by atoms with Crippen LogP contribution in [-0.2, 0) is 16.0 Å². The summed E-state index contributed by atoms with van der Waals surface area (Å²) in [6.45, 7) is 4.60. The lowest BCUT2D eigenvalue weighted by Gasteiger charge is -2.25. The van der Waals surface area contributed by atoms with E-state index in [0.717, 1.165) is 40.2 Å². The van der Waals surface area contributed by atoms with Crippen molar-refractivity contribution in [3.8, 4) is 5.75 Å². The van der Waals surface area contributed by atoms with Gasteiger partial charge in [0.1, 0.15) is 17.6 Å². The maximum absolute atomic E-state index is 13.2. The molecule has 0 spiro atoms. The van der Waals surface area contributed by atoms with E-state index in [1.54, 1.807) is 6.07 Å². The lowest BCUT2D eigenvalue weighted by Crippen LogP contribution is -2.29. The highest BCUT2D eigenvalue weighted by Gasteiger charge is 2.47. The zero-order valence-electron chi connectivity index (χ0n) is 17.9. The van der Waals surface area contributed by atoms with Gasteiger partial charge in [0.2, 0.25) is 0 Å². The predicted octanol–water partition coefficient (Wildman–Crippen LogP) is 5.32. The van der Waals surface area contributed by atoms with Crippen LogP contribution in [0.2, 0.25) is 0 Å². The maximum Gasteiger partial charge on any atom is 0.300 e. The third kappa shape index (κ3) is 3.31. The van der Waals surface area contributed by atoms with Crippen LogP contribution in [0.25, 0.3) is 5.76 Å². The molecule has 1 N–H and O–H groups in total. The van der Waals surface area contributed by atoms with Crippen LogP contribution in [-0.4, -0.2) is 23.4 Å². The highest BCUT2D eigenvalue weighted by molar-refractivity contribution is 7.10. The molecule has 1 fully saturated rings. The molecule has 0 saturated carbocycles. The molecular weight excluding hydrogens is 422 g/mol. The number of anilines is 1. The Morgan fingerprint density at radius 1 is 1.09 bits per heavy atom. The van der Waals surface area contributed by atoms with E-state index < -0.39 is 17.7 Å². The second-order valence-electron chi connectivity index (χ2n) is 8.25. The first-order chi connectivity index (χ1) is 15.5. The molecule has 6 heteroatoms. The lowest BCUT2D eigenvalue weighted by atomic mass is 9.96. The van der Waals surface area contributed by atoms with Crippen molar-refractivity contribution in [1.29, 1.82) is 0 Å². The lowest BCUT2D eigenvalue weighted by molar-refractivity contribution is -0.132. The number of ether oxygens (including phenoxy) is 1. The Hall–Kier alpha value is -3.38. The summed E-state index contributed by atoms with van der Waals surface area (Å²) in [5, 5.41) is 13.3. The van der Waals surface area contributed by atoms with E-state index in [0.29, 0.717) is 17.9 Å². The molecule has 2 aliphatic heterocycles. The molecular formula is C26H23NO4S. The molecule has 5 nitrogen and oxygen atoms in total. The molecule has 162 valence electrons. The molecule has 1 atom stereocenters. The third-order valence-electron chi connectivity index (χ3n) is 6.09. The Kier molecular flexibility index (Phi) is 5.10. The smallest absolute Gasteiger partial charge is 0.300 e. The Balaban J connectivity index is 1.69. The largest absolute Gasteiger partial charge is 0.507 e. The topological polar surface area (TPSA) is 66.8 Å². The average molecular weight is 446 g/mol. The summed E-state index contributed by atoms with van der Waals surface area (Å²) in [6.07, 6.45) is 1.75. The number of hydrogen-bond acceptors (Lipinski definition) is 5. The molecule has 0 aliphatic carbocycles. The van der Waals surface area contributed by atoms with Gasteiger partial charge in [0.05, 0.1) is 12.2 Å². The fraction of sp³-hybridized carbons (Fsp3) is 0.231. The van der Waals surface area contributed by atoms with Crippen molar-refractivity contribution in [2.45, 2.75) is 32.7 Å². The summed E-state index contributed by atoms with van der Waals surface area (Å²) in [4.78, 5) is 28.8. The van der Waals surface area contributed by atoms with Crippen LogP contribution in [0.1, 0.15) is 39.6 Å². The van der Waals surface area contributed by atoms with Crippen molar-refractivity contribution in [1.82, 2.24) is 0 Å².